The summed E-state index contributed by atoms with van der Waals surface area (Å²) < 4.78 is 5.69. The third kappa shape index (κ3) is 3.71. The second-order valence-electron chi connectivity index (χ2n) is 7.83. The van der Waals surface area contributed by atoms with Crippen LogP contribution in [0.2, 0.25) is 0 Å². The minimum Gasteiger partial charge on any atom is -0.378 e. The van der Waals surface area contributed by atoms with Gasteiger partial charge >= 0.3 is 0 Å². The highest BCUT2D eigenvalue weighted by atomic mass is 35.5. The van der Waals surface area contributed by atoms with Gasteiger partial charge in [-0.1, -0.05) is 32.0 Å². The molecule has 27 heavy (non-hydrogen) atoms. The lowest BCUT2D eigenvalue weighted by atomic mass is 9.54. The van der Waals surface area contributed by atoms with Gasteiger partial charge in [-0.2, -0.15) is 0 Å². The van der Waals surface area contributed by atoms with Crippen molar-refractivity contribution in [3.8, 4) is 0 Å². The topological polar surface area (TPSA) is 84.7 Å². The van der Waals surface area contributed by atoms with Crippen LogP contribution in [0, 0.1) is 5.41 Å². The molecule has 1 aliphatic carbocycles. The van der Waals surface area contributed by atoms with E-state index in [1.807, 2.05) is 51.1 Å². The number of nitrogens with two attached hydrogens (primary N) is 1. The van der Waals surface area contributed by atoms with E-state index in [4.69, 9.17) is 10.5 Å². The molecule has 3 atom stereocenters. The van der Waals surface area contributed by atoms with Crippen LogP contribution < -0.4 is 16.0 Å². The minimum atomic E-state index is -1.01. The van der Waals surface area contributed by atoms with Crippen molar-refractivity contribution in [1.82, 2.24) is 5.32 Å². The molecule has 6 nitrogen and oxygen atoms in total. The SMILES string of the molecule is CCOC1CC(N)(C(=O)NC2CCCN(c3ccccc3)C2=O)C1(C)C.Cl. The summed E-state index contributed by atoms with van der Waals surface area (Å²) >= 11 is 0. The molecule has 2 aliphatic rings. The molecule has 3 rings (SSSR count). The van der Waals surface area contributed by atoms with Crippen molar-refractivity contribution < 1.29 is 14.3 Å². The van der Waals surface area contributed by atoms with E-state index in [0.29, 0.717) is 26.0 Å². The molecule has 1 aromatic carbocycles. The summed E-state index contributed by atoms with van der Waals surface area (Å²) in [5, 5.41) is 2.92. The summed E-state index contributed by atoms with van der Waals surface area (Å²) in [4.78, 5) is 27.5. The summed E-state index contributed by atoms with van der Waals surface area (Å²) in [5.41, 5.74) is 5.82. The van der Waals surface area contributed by atoms with Gasteiger partial charge in [-0.05, 0) is 31.9 Å². The molecule has 1 saturated carbocycles. The highest BCUT2D eigenvalue weighted by molar-refractivity contribution is 6.01. The molecule has 1 heterocycles. The molecule has 0 bridgehead atoms. The Morgan fingerprint density at radius 1 is 1.33 bits per heavy atom. The van der Waals surface area contributed by atoms with Crippen molar-refractivity contribution in [2.45, 2.75) is 57.7 Å². The van der Waals surface area contributed by atoms with Gasteiger partial charge in [0.25, 0.3) is 0 Å². The number of hydrogen-bond donors (Lipinski definition) is 2. The molecule has 0 aromatic heterocycles. The monoisotopic (exact) mass is 395 g/mol. The largest absolute Gasteiger partial charge is 0.378 e. The number of piperidine rings is 1. The summed E-state index contributed by atoms with van der Waals surface area (Å²) in [6.07, 6.45) is 1.92. The van der Waals surface area contributed by atoms with Gasteiger partial charge in [-0.25, -0.2) is 0 Å². The number of hydrogen-bond acceptors (Lipinski definition) is 4. The van der Waals surface area contributed by atoms with Gasteiger partial charge < -0.3 is 20.7 Å². The number of nitrogens with zero attached hydrogens (tertiary/aromatic N) is 1. The average molecular weight is 396 g/mol. The highest BCUT2D eigenvalue weighted by Crippen LogP contribution is 2.49. The first-order chi connectivity index (χ1) is 12.3. The smallest absolute Gasteiger partial charge is 0.249 e. The molecule has 3 unspecified atom stereocenters. The second kappa shape index (κ2) is 8.17. The Morgan fingerprint density at radius 3 is 2.59 bits per heavy atom. The van der Waals surface area contributed by atoms with Crippen LogP contribution in [0.25, 0.3) is 0 Å². The van der Waals surface area contributed by atoms with Crippen molar-refractivity contribution in [2.75, 3.05) is 18.1 Å². The molecule has 150 valence electrons. The third-order valence-electron chi connectivity index (χ3n) is 6.05. The van der Waals surface area contributed by atoms with Crippen LogP contribution in [-0.4, -0.2) is 42.7 Å². The Bertz CT molecular complexity index is 682. The Morgan fingerprint density at radius 2 is 2.00 bits per heavy atom. The molecule has 2 amide bonds. The van der Waals surface area contributed by atoms with Gasteiger partial charge in [0.15, 0.2) is 0 Å². The predicted octanol–water partition coefficient (Wildman–Crippen LogP) is 2.25. The first-order valence-corrected chi connectivity index (χ1v) is 9.39. The van der Waals surface area contributed by atoms with E-state index in [9.17, 15) is 9.59 Å². The molecule has 0 radical (unpaired) electrons. The van der Waals surface area contributed by atoms with Crippen molar-refractivity contribution >= 4 is 29.9 Å². The Labute approximate surface area is 167 Å². The minimum absolute atomic E-state index is 0. The zero-order chi connectivity index (χ0) is 18.9. The predicted molar refractivity (Wildman–Crippen MR) is 108 cm³/mol. The number of carbonyl (C=O) groups is 2. The maximum Gasteiger partial charge on any atom is 0.249 e. The summed E-state index contributed by atoms with van der Waals surface area (Å²) in [6.45, 7) is 7.11. The van der Waals surface area contributed by atoms with E-state index in [-0.39, 0.29) is 30.3 Å². The van der Waals surface area contributed by atoms with Gasteiger partial charge in [-0.3, -0.25) is 9.59 Å². The molecule has 1 aliphatic heterocycles. The number of benzene rings is 1. The van der Waals surface area contributed by atoms with Gasteiger partial charge in [0, 0.05) is 30.7 Å². The summed E-state index contributed by atoms with van der Waals surface area (Å²) in [6, 6.07) is 9.03. The molecule has 0 spiro atoms. The van der Waals surface area contributed by atoms with Crippen molar-refractivity contribution in [2.24, 2.45) is 11.1 Å². The van der Waals surface area contributed by atoms with Crippen LogP contribution in [0.5, 0.6) is 0 Å². The Balaban J connectivity index is 0.00000261. The number of carbonyl (C=O) groups excluding carboxylic acids is 2. The van der Waals surface area contributed by atoms with E-state index in [1.54, 1.807) is 4.90 Å². The van der Waals surface area contributed by atoms with Gasteiger partial charge in [0.2, 0.25) is 11.8 Å². The molecule has 3 N–H and O–H groups in total. The lowest BCUT2D eigenvalue weighted by Crippen LogP contribution is -2.76. The third-order valence-corrected chi connectivity index (χ3v) is 6.05. The number of para-hydroxylation sites is 1. The van der Waals surface area contributed by atoms with Crippen LogP contribution in [0.3, 0.4) is 0 Å². The van der Waals surface area contributed by atoms with E-state index >= 15 is 0 Å². The fraction of sp³-hybridized carbons (Fsp3) is 0.600. The number of nitrogens with one attached hydrogen (secondary N) is 1. The molecule has 7 heteroatoms. The average Bonchev–Trinajstić information content (AvgIpc) is 2.63. The number of amides is 2. The quantitative estimate of drug-likeness (QED) is 0.800. The van der Waals surface area contributed by atoms with Crippen LogP contribution in [0.1, 0.15) is 40.0 Å². The van der Waals surface area contributed by atoms with Crippen molar-refractivity contribution in [3.63, 3.8) is 0 Å². The van der Waals surface area contributed by atoms with Crippen LogP contribution in [0.4, 0.5) is 5.69 Å². The van der Waals surface area contributed by atoms with E-state index in [2.05, 4.69) is 5.32 Å². The maximum absolute atomic E-state index is 12.9. The Hall–Kier alpha value is -1.63. The zero-order valence-electron chi connectivity index (χ0n) is 16.2. The Kier molecular flexibility index (Phi) is 6.55. The van der Waals surface area contributed by atoms with Crippen LogP contribution in [0.15, 0.2) is 30.3 Å². The molecular formula is C20H30ClN3O3. The lowest BCUT2D eigenvalue weighted by molar-refractivity contribution is -0.171. The molecule has 1 aromatic rings. The van der Waals surface area contributed by atoms with E-state index in [0.717, 1.165) is 12.1 Å². The fourth-order valence-corrected chi connectivity index (χ4v) is 3.98. The normalized spacial score (nSPS) is 29.5. The molecular weight excluding hydrogens is 366 g/mol. The van der Waals surface area contributed by atoms with Gasteiger partial charge in [-0.15, -0.1) is 12.4 Å². The summed E-state index contributed by atoms with van der Waals surface area (Å²) in [7, 11) is 0. The first kappa shape index (κ1) is 21.7. The van der Waals surface area contributed by atoms with Crippen LogP contribution >= 0.6 is 12.4 Å². The number of halogens is 1. The summed E-state index contributed by atoms with van der Waals surface area (Å²) in [5.74, 6) is -0.329. The van der Waals surface area contributed by atoms with E-state index < -0.39 is 17.0 Å². The van der Waals surface area contributed by atoms with Crippen LogP contribution in [-0.2, 0) is 14.3 Å². The number of rotatable bonds is 5. The number of anilines is 1. The standard InChI is InChI=1S/C20H29N3O3.ClH/c1-4-26-16-13-20(21,19(16,2)3)18(25)22-15-11-8-12-23(17(15)24)14-9-6-5-7-10-14;/h5-7,9-10,15-16H,4,8,11-13,21H2,1-3H3,(H,22,25);1H. The highest BCUT2D eigenvalue weighted by Gasteiger charge is 2.63. The van der Waals surface area contributed by atoms with Gasteiger partial charge in [0.1, 0.15) is 11.6 Å². The molecule has 1 saturated heterocycles. The van der Waals surface area contributed by atoms with E-state index in [1.165, 1.54) is 0 Å². The fourth-order valence-electron chi connectivity index (χ4n) is 3.98. The van der Waals surface area contributed by atoms with Crippen molar-refractivity contribution in [1.29, 1.82) is 0 Å². The zero-order valence-corrected chi connectivity index (χ0v) is 17.1. The van der Waals surface area contributed by atoms with Crippen molar-refractivity contribution in [3.05, 3.63) is 30.3 Å². The molecule has 2 fully saturated rings. The van der Waals surface area contributed by atoms with Gasteiger partial charge in [0.05, 0.1) is 6.10 Å². The maximum atomic E-state index is 12.9. The lowest BCUT2D eigenvalue weighted by Gasteiger charge is -2.57. The first-order valence-electron chi connectivity index (χ1n) is 9.39. The second-order valence-corrected chi connectivity index (χ2v) is 7.83. The number of ether oxygens (including phenoxy) is 1.